The Morgan fingerprint density at radius 3 is 2.76 bits per heavy atom. The van der Waals surface area contributed by atoms with Crippen molar-refractivity contribution >= 4 is 17.0 Å². The predicted octanol–water partition coefficient (Wildman–Crippen LogP) is 3.62. The summed E-state index contributed by atoms with van der Waals surface area (Å²) < 4.78 is 0. The van der Waals surface area contributed by atoms with Crippen LogP contribution in [0.1, 0.15) is 24.8 Å². The molecule has 1 aromatic heterocycles. The number of hydrogen-bond acceptors (Lipinski definition) is 1. The van der Waals surface area contributed by atoms with Gasteiger partial charge < -0.3 is 9.88 Å². The van der Waals surface area contributed by atoms with E-state index in [4.69, 9.17) is 0 Å². The molecule has 88 valence electrons. The van der Waals surface area contributed by atoms with Gasteiger partial charge in [0.2, 0.25) is 0 Å². The molecule has 2 aromatic rings. The molecular formula is C15H18N2. The van der Waals surface area contributed by atoms with Crippen LogP contribution in [0.3, 0.4) is 0 Å². The summed E-state index contributed by atoms with van der Waals surface area (Å²) in [4.78, 5) is 5.73. The third kappa shape index (κ3) is 2.21. The molecule has 0 radical (unpaired) electrons. The highest BCUT2D eigenvalue weighted by atomic mass is 15.1. The number of fused-ring (bicyclic) bond motifs is 1. The van der Waals surface area contributed by atoms with Crippen LogP contribution in [0.5, 0.6) is 0 Å². The van der Waals surface area contributed by atoms with Gasteiger partial charge in [0.15, 0.2) is 0 Å². The predicted molar refractivity (Wildman–Crippen MR) is 72.8 cm³/mol. The lowest BCUT2D eigenvalue weighted by atomic mass is 10.1. The van der Waals surface area contributed by atoms with Crippen molar-refractivity contribution in [2.75, 3.05) is 13.1 Å². The normalized spacial score (nSPS) is 17.1. The number of nitrogens with one attached hydrogen (secondary N) is 1. The molecule has 1 N–H and O–H groups in total. The van der Waals surface area contributed by atoms with Crippen molar-refractivity contribution in [1.82, 2.24) is 9.88 Å². The van der Waals surface area contributed by atoms with Crippen molar-refractivity contribution in [2.45, 2.75) is 19.3 Å². The first-order valence-electron chi connectivity index (χ1n) is 6.42. The van der Waals surface area contributed by atoms with Gasteiger partial charge >= 0.3 is 0 Å². The van der Waals surface area contributed by atoms with Crippen molar-refractivity contribution in [2.24, 2.45) is 0 Å². The van der Waals surface area contributed by atoms with E-state index in [9.17, 15) is 0 Å². The average molecular weight is 226 g/mol. The largest absolute Gasteiger partial charge is 0.377 e. The summed E-state index contributed by atoms with van der Waals surface area (Å²) in [7, 11) is 0. The Labute approximate surface area is 102 Å². The standard InChI is InChI=1S/C15H18N2/c1-4-9-17(10-5-1)11-8-13-12-16-15-7-3-2-6-14(13)15/h2-3,6-8,11-12,16H,1,4-5,9-10H2/b11-8+. The number of para-hydroxylation sites is 1. The molecule has 1 saturated heterocycles. The molecule has 0 aliphatic carbocycles. The van der Waals surface area contributed by atoms with Crippen molar-refractivity contribution < 1.29 is 0 Å². The minimum atomic E-state index is 1.21. The molecule has 0 amide bonds. The number of piperidine rings is 1. The summed E-state index contributed by atoms with van der Waals surface area (Å²) in [5.74, 6) is 0. The molecule has 1 aliphatic heterocycles. The maximum Gasteiger partial charge on any atom is 0.0460 e. The number of aromatic nitrogens is 1. The molecule has 2 nitrogen and oxygen atoms in total. The molecule has 1 aromatic carbocycles. The van der Waals surface area contributed by atoms with Gasteiger partial charge in [-0.3, -0.25) is 0 Å². The fourth-order valence-electron chi connectivity index (χ4n) is 2.49. The van der Waals surface area contributed by atoms with Crippen LogP contribution in [0.2, 0.25) is 0 Å². The zero-order chi connectivity index (χ0) is 11.5. The molecule has 0 saturated carbocycles. The molecule has 0 atom stereocenters. The van der Waals surface area contributed by atoms with E-state index < -0.39 is 0 Å². The Bertz CT molecular complexity index is 518. The van der Waals surface area contributed by atoms with E-state index in [1.165, 1.54) is 48.8 Å². The van der Waals surface area contributed by atoms with Gasteiger partial charge in [0, 0.05) is 35.8 Å². The third-order valence-corrected chi connectivity index (χ3v) is 3.48. The van der Waals surface area contributed by atoms with E-state index in [0.717, 1.165) is 0 Å². The van der Waals surface area contributed by atoms with E-state index >= 15 is 0 Å². The van der Waals surface area contributed by atoms with Gasteiger partial charge in [0.1, 0.15) is 0 Å². The second kappa shape index (κ2) is 4.66. The van der Waals surface area contributed by atoms with E-state index in [2.05, 4.69) is 52.6 Å². The molecule has 2 heterocycles. The number of hydrogen-bond donors (Lipinski definition) is 1. The van der Waals surface area contributed by atoms with E-state index in [-0.39, 0.29) is 0 Å². The van der Waals surface area contributed by atoms with Crippen molar-refractivity contribution in [3.8, 4) is 0 Å². The molecule has 1 fully saturated rings. The SMILES string of the molecule is C(=C\N1CCCCC1)/c1c[nH]c2ccccc12. The Kier molecular flexibility index (Phi) is 2.87. The maximum atomic E-state index is 3.31. The second-order valence-electron chi connectivity index (χ2n) is 4.70. The van der Waals surface area contributed by atoms with Gasteiger partial charge in [-0.05, 0) is 37.6 Å². The summed E-state index contributed by atoms with van der Waals surface area (Å²) in [6.45, 7) is 2.41. The molecule has 2 heteroatoms. The zero-order valence-corrected chi connectivity index (χ0v) is 10.0. The van der Waals surface area contributed by atoms with Gasteiger partial charge in [-0.15, -0.1) is 0 Å². The fourth-order valence-corrected chi connectivity index (χ4v) is 2.49. The van der Waals surface area contributed by atoms with Crippen LogP contribution >= 0.6 is 0 Å². The Balaban J connectivity index is 1.82. The van der Waals surface area contributed by atoms with Crippen LogP contribution < -0.4 is 0 Å². The minimum absolute atomic E-state index is 1.21. The first-order valence-corrected chi connectivity index (χ1v) is 6.42. The Hall–Kier alpha value is -1.70. The number of nitrogens with zero attached hydrogens (tertiary/aromatic N) is 1. The first-order chi connectivity index (χ1) is 8.43. The van der Waals surface area contributed by atoms with E-state index in [1.54, 1.807) is 0 Å². The summed E-state index contributed by atoms with van der Waals surface area (Å²) in [5.41, 5.74) is 2.50. The monoisotopic (exact) mass is 226 g/mol. The van der Waals surface area contributed by atoms with Crippen molar-refractivity contribution in [3.63, 3.8) is 0 Å². The topological polar surface area (TPSA) is 19.0 Å². The minimum Gasteiger partial charge on any atom is -0.377 e. The van der Waals surface area contributed by atoms with Gasteiger partial charge in [-0.1, -0.05) is 18.2 Å². The Morgan fingerprint density at radius 1 is 1.06 bits per heavy atom. The molecule has 0 spiro atoms. The van der Waals surface area contributed by atoms with E-state index in [0.29, 0.717) is 0 Å². The smallest absolute Gasteiger partial charge is 0.0460 e. The first kappa shape index (κ1) is 10.5. The van der Waals surface area contributed by atoms with Crippen LogP contribution in [0.15, 0.2) is 36.7 Å². The maximum absolute atomic E-state index is 3.31. The zero-order valence-electron chi connectivity index (χ0n) is 10.0. The third-order valence-electron chi connectivity index (χ3n) is 3.48. The lowest BCUT2D eigenvalue weighted by Crippen LogP contribution is -2.23. The summed E-state index contributed by atoms with van der Waals surface area (Å²) in [6, 6.07) is 8.45. The molecular weight excluding hydrogens is 208 g/mol. The number of H-pyrrole nitrogens is 1. The lowest BCUT2D eigenvalue weighted by Gasteiger charge is -2.24. The molecule has 0 bridgehead atoms. The van der Waals surface area contributed by atoms with Crippen molar-refractivity contribution in [3.05, 3.63) is 42.2 Å². The highest BCUT2D eigenvalue weighted by Crippen LogP contribution is 2.19. The fraction of sp³-hybridized carbons (Fsp3) is 0.333. The lowest BCUT2D eigenvalue weighted by molar-refractivity contribution is 0.311. The quantitative estimate of drug-likeness (QED) is 0.828. The molecule has 3 rings (SSSR count). The number of rotatable bonds is 2. The second-order valence-corrected chi connectivity index (χ2v) is 4.70. The van der Waals surface area contributed by atoms with Gasteiger partial charge in [-0.25, -0.2) is 0 Å². The van der Waals surface area contributed by atoms with Crippen molar-refractivity contribution in [1.29, 1.82) is 0 Å². The highest BCUT2D eigenvalue weighted by Gasteiger charge is 2.05. The summed E-state index contributed by atoms with van der Waals surface area (Å²) >= 11 is 0. The van der Waals surface area contributed by atoms with Crippen LogP contribution in [-0.2, 0) is 0 Å². The number of benzene rings is 1. The average Bonchev–Trinajstić information content (AvgIpc) is 2.81. The molecule has 17 heavy (non-hydrogen) atoms. The molecule has 1 aliphatic rings. The molecule has 0 unspecified atom stereocenters. The van der Waals surface area contributed by atoms with Crippen LogP contribution in [0.4, 0.5) is 0 Å². The van der Waals surface area contributed by atoms with Gasteiger partial charge in [0.25, 0.3) is 0 Å². The van der Waals surface area contributed by atoms with Gasteiger partial charge in [-0.2, -0.15) is 0 Å². The number of likely N-dealkylation sites (tertiary alicyclic amines) is 1. The van der Waals surface area contributed by atoms with Crippen LogP contribution in [0, 0.1) is 0 Å². The van der Waals surface area contributed by atoms with Crippen LogP contribution in [-0.4, -0.2) is 23.0 Å². The summed E-state index contributed by atoms with van der Waals surface area (Å²) in [5, 5.41) is 1.31. The Morgan fingerprint density at radius 2 is 1.88 bits per heavy atom. The van der Waals surface area contributed by atoms with Gasteiger partial charge in [0.05, 0.1) is 0 Å². The summed E-state index contributed by atoms with van der Waals surface area (Å²) in [6.07, 6.45) is 10.6. The number of aromatic amines is 1. The highest BCUT2D eigenvalue weighted by molar-refractivity contribution is 5.88. The van der Waals surface area contributed by atoms with E-state index in [1.807, 2.05) is 0 Å². The van der Waals surface area contributed by atoms with Crippen LogP contribution in [0.25, 0.3) is 17.0 Å².